The van der Waals surface area contributed by atoms with Crippen LogP contribution in [0.15, 0.2) is 70.5 Å². The van der Waals surface area contributed by atoms with Crippen LogP contribution in [0, 0.1) is 0 Å². The Labute approximate surface area is 153 Å². The van der Waals surface area contributed by atoms with Crippen LogP contribution in [0.1, 0.15) is 5.01 Å². The number of amides is 1. The van der Waals surface area contributed by atoms with E-state index in [0.29, 0.717) is 10.9 Å². The molecule has 4 nitrogen and oxygen atoms in total. The van der Waals surface area contributed by atoms with Gasteiger partial charge in [0.05, 0.1) is 11.5 Å². The van der Waals surface area contributed by atoms with Crippen LogP contribution in [0.5, 0.6) is 0 Å². The number of carbonyl (C=O) groups excluding carboxylic acids is 1. The van der Waals surface area contributed by atoms with Gasteiger partial charge in [-0.25, -0.2) is 0 Å². The molecule has 0 bridgehead atoms. The van der Waals surface area contributed by atoms with Crippen molar-refractivity contribution < 1.29 is 4.79 Å². The Morgan fingerprint density at radius 3 is 2.21 bits per heavy atom. The third-order valence-corrected chi connectivity index (χ3v) is 5.99. The fraction of sp³-hybridized carbons (Fsp3) is 0.118. The van der Waals surface area contributed by atoms with Crippen LogP contribution in [-0.2, 0) is 10.5 Å². The standard InChI is InChI=1S/C17H15N3OS3/c21-15(11-22-13-7-3-1-4-8-13)18-17-20-19-16(24-17)12-23-14-9-5-2-6-10-14/h1-10H,11-12H2,(H,18,20,21). The van der Waals surface area contributed by atoms with Gasteiger partial charge in [-0.15, -0.1) is 33.7 Å². The highest BCUT2D eigenvalue weighted by molar-refractivity contribution is 8.00. The lowest BCUT2D eigenvalue weighted by Crippen LogP contribution is -2.13. The van der Waals surface area contributed by atoms with E-state index in [2.05, 4.69) is 27.6 Å². The highest BCUT2D eigenvalue weighted by Gasteiger charge is 2.09. The lowest BCUT2D eigenvalue weighted by molar-refractivity contribution is -0.113. The molecule has 0 aliphatic carbocycles. The van der Waals surface area contributed by atoms with Crippen molar-refractivity contribution >= 4 is 45.9 Å². The van der Waals surface area contributed by atoms with Gasteiger partial charge in [0.15, 0.2) is 0 Å². The quantitative estimate of drug-likeness (QED) is 0.615. The van der Waals surface area contributed by atoms with E-state index in [4.69, 9.17) is 0 Å². The van der Waals surface area contributed by atoms with Crippen molar-refractivity contribution in [1.29, 1.82) is 0 Å². The minimum absolute atomic E-state index is 0.0673. The average molecular weight is 374 g/mol. The number of hydrogen-bond donors (Lipinski definition) is 1. The Morgan fingerprint density at radius 2 is 1.54 bits per heavy atom. The number of hydrogen-bond acceptors (Lipinski definition) is 6. The fourth-order valence-electron chi connectivity index (χ4n) is 1.85. The summed E-state index contributed by atoms with van der Waals surface area (Å²) >= 11 is 4.62. The maximum absolute atomic E-state index is 12.0. The first-order valence-corrected chi connectivity index (χ1v) is 10.1. The molecule has 0 unspecified atom stereocenters. The van der Waals surface area contributed by atoms with Gasteiger partial charge in [0, 0.05) is 9.79 Å². The van der Waals surface area contributed by atoms with E-state index in [1.54, 1.807) is 11.8 Å². The van der Waals surface area contributed by atoms with E-state index < -0.39 is 0 Å². The highest BCUT2D eigenvalue weighted by atomic mass is 32.2. The summed E-state index contributed by atoms with van der Waals surface area (Å²) in [7, 11) is 0. The van der Waals surface area contributed by atoms with Gasteiger partial charge in [0.1, 0.15) is 5.01 Å². The molecule has 1 heterocycles. The summed E-state index contributed by atoms with van der Waals surface area (Å²) in [4.78, 5) is 14.2. The molecule has 1 amide bonds. The van der Waals surface area contributed by atoms with E-state index in [0.717, 1.165) is 15.7 Å². The summed E-state index contributed by atoms with van der Waals surface area (Å²) in [6.07, 6.45) is 0. The van der Waals surface area contributed by atoms with Crippen LogP contribution in [0.4, 0.5) is 5.13 Å². The Bertz CT molecular complexity index is 778. The van der Waals surface area contributed by atoms with Gasteiger partial charge < -0.3 is 0 Å². The third kappa shape index (κ3) is 5.36. The number of aromatic nitrogens is 2. The smallest absolute Gasteiger partial charge is 0.236 e. The fourth-order valence-corrected chi connectivity index (χ4v) is 4.23. The molecule has 0 aliphatic rings. The first-order valence-electron chi connectivity index (χ1n) is 7.27. The first-order chi connectivity index (χ1) is 11.8. The van der Waals surface area contributed by atoms with Crippen LogP contribution < -0.4 is 5.32 Å². The van der Waals surface area contributed by atoms with Gasteiger partial charge in [-0.3, -0.25) is 10.1 Å². The Kier molecular flexibility index (Phi) is 6.28. The molecular formula is C17H15N3OS3. The highest BCUT2D eigenvalue weighted by Crippen LogP contribution is 2.26. The molecule has 0 saturated carbocycles. The minimum atomic E-state index is -0.0673. The summed E-state index contributed by atoms with van der Waals surface area (Å²) < 4.78 is 0. The maximum Gasteiger partial charge on any atom is 0.236 e. The van der Waals surface area contributed by atoms with Gasteiger partial charge >= 0.3 is 0 Å². The van der Waals surface area contributed by atoms with E-state index >= 15 is 0 Å². The molecule has 0 aliphatic heterocycles. The molecule has 0 spiro atoms. The molecule has 7 heteroatoms. The lowest BCUT2D eigenvalue weighted by atomic mass is 10.4. The van der Waals surface area contributed by atoms with Crippen molar-refractivity contribution in [2.45, 2.75) is 15.5 Å². The predicted octanol–water partition coefficient (Wildman–Crippen LogP) is 4.56. The second-order valence-electron chi connectivity index (χ2n) is 4.75. The zero-order valence-electron chi connectivity index (χ0n) is 12.7. The molecule has 122 valence electrons. The van der Waals surface area contributed by atoms with Crippen LogP contribution in [0.3, 0.4) is 0 Å². The Balaban J connectivity index is 1.46. The van der Waals surface area contributed by atoms with Gasteiger partial charge in [-0.1, -0.05) is 47.7 Å². The number of anilines is 1. The number of nitrogens with zero attached hydrogens (tertiary/aromatic N) is 2. The van der Waals surface area contributed by atoms with E-state index in [1.807, 2.05) is 48.5 Å². The Hall–Kier alpha value is -1.83. The van der Waals surface area contributed by atoms with Crippen LogP contribution in [0.2, 0.25) is 0 Å². The van der Waals surface area contributed by atoms with Crippen molar-refractivity contribution in [1.82, 2.24) is 10.2 Å². The van der Waals surface area contributed by atoms with Crippen molar-refractivity contribution in [2.24, 2.45) is 0 Å². The summed E-state index contributed by atoms with van der Waals surface area (Å²) in [6.45, 7) is 0. The largest absolute Gasteiger partial charge is 0.300 e. The molecular weight excluding hydrogens is 358 g/mol. The van der Waals surface area contributed by atoms with Gasteiger partial charge in [0.2, 0.25) is 11.0 Å². The molecule has 0 atom stereocenters. The molecule has 3 aromatic rings. The van der Waals surface area contributed by atoms with E-state index in [9.17, 15) is 4.79 Å². The number of nitrogens with one attached hydrogen (secondary N) is 1. The lowest BCUT2D eigenvalue weighted by Gasteiger charge is -2.01. The summed E-state index contributed by atoms with van der Waals surface area (Å²) in [6, 6.07) is 20.0. The summed E-state index contributed by atoms with van der Waals surface area (Å²) in [5.74, 6) is 1.04. The van der Waals surface area contributed by atoms with Gasteiger partial charge in [-0.2, -0.15) is 0 Å². The zero-order chi connectivity index (χ0) is 16.6. The van der Waals surface area contributed by atoms with Crippen molar-refractivity contribution in [3.05, 3.63) is 65.7 Å². The molecule has 24 heavy (non-hydrogen) atoms. The van der Waals surface area contributed by atoms with Crippen molar-refractivity contribution in [3.8, 4) is 0 Å². The minimum Gasteiger partial charge on any atom is -0.300 e. The van der Waals surface area contributed by atoms with Crippen LogP contribution >= 0.6 is 34.9 Å². The van der Waals surface area contributed by atoms with Crippen LogP contribution in [0.25, 0.3) is 0 Å². The second kappa shape index (κ2) is 8.86. The SMILES string of the molecule is O=C(CSc1ccccc1)Nc1nnc(CSc2ccccc2)s1. The molecule has 0 fully saturated rings. The molecule has 1 aromatic heterocycles. The normalized spacial score (nSPS) is 10.5. The number of benzene rings is 2. The van der Waals surface area contributed by atoms with Gasteiger partial charge in [0.25, 0.3) is 0 Å². The predicted molar refractivity (Wildman–Crippen MR) is 102 cm³/mol. The third-order valence-electron chi connectivity index (χ3n) is 2.93. The summed E-state index contributed by atoms with van der Waals surface area (Å²) in [5.41, 5.74) is 0. The topological polar surface area (TPSA) is 54.9 Å². The average Bonchev–Trinajstić information content (AvgIpc) is 3.07. The number of rotatable bonds is 7. The summed E-state index contributed by atoms with van der Waals surface area (Å²) in [5, 5.41) is 12.4. The van der Waals surface area contributed by atoms with Crippen LogP contribution in [-0.4, -0.2) is 21.9 Å². The monoisotopic (exact) mass is 373 g/mol. The number of thioether (sulfide) groups is 2. The van der Waals surface area contributed by atoms with Crippen molar-refractivity contribution in [2.75, 3.05) is 11.1 Å². The Morgan fingerprint density at radius 1 is 0.917 bits per heavy atom. The molecule has 1 N–H and O–H groups in total. The number of carbonyl (C=O) groups is 1. The first kappa shape index (κ1) is 17.0. The molecule has 3 rings (SSSR count). The molecule has 0 radical (unpaired) electrons. The van der Waals surface area contributed by atoms with Gasteiger partial charge in [-0.05, 0) is 24.3 Å². The molecule has 2 aromatic carbocycles. The maximum atomic E-state index is 12.0. The zero-order valence-corrected chi connectivity index (χ0v) is 15.2. The van der Waals surface area contributed by atoms with E-state index in [1.165, 1.54) is 28.0 Å². The van der Waals surface area contributed by atoms with E-state index in [-0.39, 0.29) is 5.91 Å². The van der Waals surface area contributed by atoms with Crippen molar-refractivity contribution in [3.63, 3.8) is 0 Å². The molecule has 0 saturated heterocycles. The second-order valence-corrected chi connectivity index (χ2v) is 7.91.